The highest BCUT2D eigenvalue weighted by molar-refractivity contribution is 5.66. The highest BCUT2D eigenvalue weighted by atomic mass is 16.5. The Morgan fingerprint density at radius 3 is 3.23 bits per heavy atom. The van der Waals surface area contributed by atoms with Gasteiger partial charge in [-0.2, -0.15) is 0 Å². The third-order valence-corrected chi connectivity index (χ3v) is 1.93. The van der Waals surface area contributed by atoms with E-state index >= 15 is 0 Å². The largest absolute Gasteiger partial charge is 0.471 e. The zero-order valence-electron chi connectivity index (χ0n) is 7.14. The summed E-state index contributed by atoms with van der Waals surface area (Å²) >= 11 is 0. The summed E-state index contributed by atoms with van der Waals surface area (Å²) in [5, 5.41) is 3.52. The minimum absolute atomic E-state index is 0.551. The topological polar surface area (TPSA) is 61.2 Å². The standard InChI is InChI=1S/C8H8N4O/c1-12-5-13-8-3-2-6(10-11-9)4-7(8)12/h2-4H,5H2,1H3. The second-order valence-corrected chi connectivity index (χ2v) is 2.81. The number of hydrogen-bond donors (Lipinski definition) is 0. The number of rotatable bonds is 1. The van der Waals surface area contributed by atoms with Crippen molar-refractivity contribution >= 4 is 11.4 Å². The van der Waals surface area contributed by atoms with Gasteiger partial charge in [-0.1, -0.05) is 5.11 Å². The van der Waals surface area contributed by atoms with Gasteiger partial charge in [-0.15, -0.1) is 0 Å². The minimum Gasteiger partial charge on any atom is -0.471 e. The monoisotopic (exact) mass is 176 g/mol. The highest BCUT2D eigenvalue weighted by Crippen LogP contribution is 2.35. The molecule has 5 nitrogen and oxygen atoms in total. The maximum absolute atomic E-state index is 8.25. The fourth-order valence-corrected chi connectivity index (χ4v) is 1.28. The van der Waals surface area contributed by atoms with Gasteiger partial charge in [0.05, 0.1) is 5.69 Å². The summed E-state index contributed by atoms with van der Waals surface area (Å²) in [6.07, 6.45) is 0. The highest BCUT2D eigenvalue weighted by Gasteiger charge is 2.16. The molecule has 5 heteroatoms. The molecule has 1 heterocycles. The van der Waals surface area contributed by atoms with Crippen molar-refractivity contribution in [1.82, 2.24) is 0 Å². The van der Waals surface area contributed by atoms with Crippen LogP contribution in [0.3, 0.4) is 0 Å². The Morgan fingerprint density at radius 2 is 2.46 bits per heavy atom. The Labute approximate surface area is 75.2 Å². The summed E-state index contributed by atoms with van der Waals surface area (Å²) in [7, 11) is 1.92. The number of benzene rings is 1. The lowest BCUT2D eigenvalue weighted by Gasteiger charge is -2.07. The number of hydrogen-bond acceptors (Lipinski definition) is 3. The zero-order chi connectivity index (χ0) is 9.26. The Hall–Kier alpha value is -1.87. The van der Waals surface area contributed by atoms with Gasteiger partial charge in [-0.3, -0.25) is 0 Å². The number of fused-ring (bicyclic) bond motifs is 1. The van der Waals surface area contributed by atoms with Crippen LogP contribution in [0.25, 0.3) is 10.4 Å². The van der Waals surface area contributed by atoms with Crippen LogP contribution in [0, 0.1) is 0 Å². The molecule has 1 aromatic carbocycles. The molecule has 1 aromatic rings. The number of ether oxygens (including phenoxy) is 1. The zero-order valence-corrected chi connectivity index (χ0v) is 7.14. The lowest BCUT2D eigenvalue weighted by atomic mass is 10.2. The summed E-state index contributed by atoms with van der Waals surface area (Å²) in [5.41, 5.74) is 9.82. The third-order valence-electron chi connectivity index (χ3n) is 1.93. The fourth-order valence-electron chi connectivity index (χ4n) is 1.28. The number of nitrogens with zero attached hydrogens (tertiary/aromatic N) is 4. The third kappa shape index (κ3) is 1.25. The van der Waals surface area contributed by atoms with Crippen LogP contribution in [-0.2, 0) is 0 Å². The lowest BCUT2D eigenvalue weighted by molar-refractivity contribution is 0.353. The Balaban J connectivity index is 2.47. The summed E-state index contributed by atoms with van der Waals surface area (Å²) in [4.78, 5) is 4.67. The van der Waals surface area contributed by atoms with Crippen molar-refractivity contribution in [2.45, 2.75) is 0 Å². The SMILES string of the molecule is CN1COc2ccc(N=[N+]=[N-])cc21. The lowest BCUT2D eigenvalue weighted by Crippen LogP contribution is -2.14. The average Bonchev–Trinajstić information content (AvgIpc) is 2.49. The molecule has 2 rings (SSSR count). The van der Waals surface area contributed by atoms with Crippen molar-refractivity contribution in [2.24, 2.45) is 5.11 Å². The second-order valence-electron chi connectivity index (χ2n) is 2.81. The van der Waals surface area contributed by atoms with E-state index in [1.165, 1.54) is 0 Å². The smallest absolute Gasteiger partial charge is 0.161 e. The van der Waals surface area contributed by atoms with Crippen LogP contribution < -0.4 is 9.64 Å². The van der Waals surface area contributed by atoms with Gasteiger partial charge in [0.15, 0.2) is 6.73 Å². The van der Waals surface area contributed by atoms with Crippen molar-refractivity contribution in [3.8, 4) is 5.75 Å². The molecule has 66 valence electrons. The van der Waals surface area contributed by atoms with Crippen molar-refractivity contribution in [3.05, 3.63) is 28.6 Å². The van der Waals surface area contributed by atoms with Crippen molar-refractivity contribution in [2.75, 3.05) is 18.7 Å². The van der Waals surface area contributed by atoms with Crippen LogP contribution in [0.5, 0.6) is 5.75 Å². The molecule has 0 spiro atoms. The molecule has 0 amide bonds. The summed E-state index contributed by atoms with van der Waals surface area (Å²) < 4.78 is 5.33. The quantitative estimate of drug-likeness (QED) is 0.374. The Morgan fingerprint density at radius 1 is 1.62 bits per heavy atom. The van der Waals surface area contributed by atoms with Crippen LogP contribution in [0.15, 0.2) is 23.3 Å². The Kier molecular flexibility index (Phi) is 1.72. The molecule has 0 N–H and O–H groups in total. The molecular formula is C8H8N4O. The molecule has 0 aromatic heterocycles. The van der Waals surface area contributed by atoms with Crippen LogP contribution >= 0.6 is 0 Å². The summed E-state index contributed by atoms with van der Waals surface area (Å²) in [6.45, 7) is 0.551. The predicted octanol–water partition coefficient (Wildman–Crippen LogP) is 2.41. The van der Waals surface area contributed by atoms with E-state index in [1.54, 1.807) is 6.07 Å². The van der Waals surface area contributed by atoms with Gasteiger partial charge in [-0.05, 0) is 23.7 Å². The fraction of sp³-hybridized carbons (Fsp3) is 0.250. The van der Waals surface area contributed by atoms with Crippen LogP contribution in [0.4, 0.5) is 11.4 Å². The maximum Gasteiger partial charge on any atom is 0.161 e. The molecule has 0 saturated carbocycles. The van der Waals surface area contributed by atoms with Crippen LogP contribution in [0.2, 0.25) is 0 Å². The van der Waals surface area contributed by atoms with Crippen LogP contribution in [0.1, 0.15) is 0 Å². The van der Waals surface area contributed by atoms with E-state index in [0.717, 1.165) is 11.4 Å². The minimum atomic E-state index is 0.551. The maximum atomic E-state index is 8.25. The van der Waals surface area contributed by atoms with E-state index in [0.29, 0.717) is 12.4 Å². The van der Waals surface area contributed by atoms with E-state index in [4.69, 9.17) is 10.3 Å². The molecule has 1 aliphatic heterocycles. The van der Waals surface area contributed by atoms with E-state index in [9.17, 15) is 0 Å². The van der Waals surface area contributed by atoms with Gasteiger partial charge in [0.2, 0.25) is 0 Å². The average molecular weight is 176 g/mol. The second kappa shape index (κ2) is 2.88. The molecule has 0 bridgehead atoms. The first-order valence-corrected chi connectivity index (χ1v) is 3.84. The first kappa shape index (κ1) is 7.76. The van der Waals surface area contributed by atoms with E-state index < -0.39 is 0 Å². The van der Waals surface area contributed by atoms with E-state index in [1.807, 2.05) is 24.1 Å². The van der Waals surface area contributed by atoms with E-state index in [2.05, 4.69) is 10.0 Å². The van der Waals surface area contributed by atoms with Gasteiger partial charge in [0.25, 0.3) is 0 Å². The summed E-state index contributed by atoms with van der Waals surface area (Å²) in [5.74, 6) is 0.833. The molecule has 0 radical (unpaired) electrons. The molecule has 0 saturated heterocycles. The van der Waals surface area contributed by atoms with Gasteiger partial charge in [0, 0.05) is 17.6 Å². The van der Waals surface area contributed by atoms with Crippen molar-refractivity contribution < 1.29 is 4.74 Å². The molecular weight excluding hydrogens is 168 g/mol. The normalized spacial score (nSPS) is 13.2. The molecule has 0 aliphatic carbocycles. The van der Waals surface area contributed by atoms with Crippen molar-refractivity contribution in [1.29, 1.82) is 0 Å². The Bertz CT molecular complexity index is 384. The molecule has 0 unspecified atom stereocenters. The first-order chi connectivity index (χ1) is 6.31. The van der Waals surface area contributed by atoms with Crippen LogP contribution in [-0.4, -0.2) is 13.8 Å². The number of anilines is 1. The summed E-state index contributed by atoms with van der Waals surface area (Å²) in [6, 6.07) is 5.35. The number of azide groups is 1. The molecule has 0 atom stereocenters. The predicted molar refractivity (Wildman–Crippen MR) is 49.1 cm³/mol. The van der Waals surface area contributed by atoms with Crippen molar-refractivity contribution in [3.63, 3.8) is 0 Å². The first-order valence-electron chi connectivity index (χ1n) is 3.84. The van der Waals surface area contributed by atoms with Gasteiger partial charge < -0.3 is 9.64 Å². The van der Waals surface area contributed by atoms with Gasteiger partial charge >= 0.3 is 0 Å². The molecule has 1 aliphatic rings. The van der Waals surface area contributed by atoms with Gasteiger partial charge in [0.1, 0.15) is 5.75 Å². The molecule has 13 heavy (non-hydrogen) atoms. The molecule has 0 fully saturated rings. The van der Waals surface area contributed by atoms with Gasteiger partial charge in [-0.25, -0.2) is 0 Å². The van der Waals surface area contributed by atoms with E-state index in [-0.39, 0.29) is 0 Å².